The van der Waals surface area contributed by atoms with E-state index in [1.54, 1.807) is 0 Å². The molecular formula is C12H18N2S. The maximum atomic E-state index is 5.65. The van der Waals surface area contributed by atoms with Crippen LogP contribution in [0.5, 0.6) is 0 Å². The molecule has 1 atom stereocenters. The summed E-state index contributed by atoms with van der Waals surface area (Å²) in [6.07, 6.45) is 0. The van der Waals surface area contributed by atoms with E-state index < -0.39 is 0 Å². The molecule has 2 rings (SSSR count). The van der Waals surface area contributed by atoms with Gasteiger partial charge < -0.3 is 10.6 Å². The molecule has 2 nitrogen and oxygen atoms in total. The first-order valence-electron chi connectivity index (χ1n) is 5.45. The van der Waals surface area contributed by atoms with E-state index >= 15 is 0 Å². The normalized spacial score (nSPS) is 21.7. The first-order valence-corrected chi connectivity index (χ1v) is 6.50. The lowest BCUT2D eigenvalue weighted by Crippen LogP contribution is -2.36. The number of benzene rings is 1. The van der Waals surface area contributed by atoms with Crippen molar-refractivity contribution in [3.63, 3.8) is 0 Å². The third-order valence-corrected chi connectivity index (χ3v) is 3.89. The fourth-order valence-electron chi connectivity index (χ4n) is 1.93. The van der Waals surface area contributed by atoms with Gasteiger partial charge in [0.05, 0.1) is 0 Å². The number of hydrogen-bond acceptors (Lipinski definition) is 3. The highest BCUT2D eigenvalue weighted by Gasteiger charge is 2.16. The summed E-state index contributed by atoms with van der Waals surface area (Å²) in [4.78, 5) is 2.46. The molecule has 0 aromatic heterocycles. The van der Waals surface area contributed by atoms with Gasteiger partial charge in [-0.15, -0.1) is 0 Å². The molecule has 1 fully saturated rings. The van der Waals surface area contributed by atoms with Crippen LogP contribution in [0, 0.1) is 0 Å². The van der Waals surface area contributed by atoms with Gasteiger partial charge in [-0.25, -0.2) is 0 Å². The molecule has 1 saturated heterocycles. The van der Waals surface area contributed by atoms with E-state index in [1.807, 2.05) is 0 Å². The predicted octanol–water partition coefficient (Wildman–Crippen LogP) is 2.09. The van der Waals surface area contributed by atoms with Gasteiger partial charge in [-0.1, -0.05) is 19.1 Å². The Kier molecular flexibility index (Phi) is 3.54. The van der Waals surface area contributed by atoms with Crippen LogP contribution in [0.25, 0.3) is 0 Å². The molecule has 3 heteroatoms. The van der Waals surface area contributed by atoms with E-state index in [0.717, 1.165) is 18.3 Å². The lowest BCUT2D eigenvalue weighted by Gasteiger charge is -2.32. The quantitative estimate of drug-likeness (QED) is 0.831. The Morgan fingerprint density at radius 1 is 1.53 bits per heavy atom. The Hall–Kier alpha value is -0.670. The summed E-state index contributed by atoms with van der Waals surface area (Å²) in [5, 5.41) is 0.736. The third-order valence-electron chi connectivity index (χ3n) is 2.75. The second kappa shape index (κ2) is 4.90. The highest BCUT2D eigenvalue weighted by Crippen LogP contribution is 2.24. The maximum Gasteiger partial charge on any atom is 0.0370 e. The zero-order valence-corrected chi connectivity index (χ0v) is 9.96. The van der Waals surface area contributed by atoms with Crippen LogP contribution in [0.15, 0.2) is 24.3 Å². The molecule has 1 aromatic carbocycles. The number of thioether (sulfide) groups is 1. The highest BCUT2D eigenvalue weighted by atomic mass is 32.2. The predicted molar refractivity (Wildman–Crippen MR) is 68.5 cm³/mol. The molecule has 15 heavy (non-hydrogen) atoms. The Morgan fingerprint density at radius 2 is 2.40 bits per heavy atom. The van der Waals surface area contributed by atoms with Crippen molar-refractivity contribution in [3.05, 3.63) is 29.8 Å². The van der Waals surface area contributed by atoms with Crippen LogP contribution >= 0.6 is 11.8 Å². The van der Waals surface area contributed by atoms with Crippen molar-refractivity contribution < 1.29 is 0 Å². The maximum absolute atomic E-state index is 5.65. The summed E-state index contributed by atoms with van der Waals surface area (Å²) in [6.45, 7) is 5.23. The molecule has 1 aliphatic rings. The summed E-state index contributed by atoms with van der Waals surface area (Å²) < 4.78 is 0. The standard InChI is InChI=1S/C12H18N2S/c1-10-9-14(5-6-15-10)12-4-2-3-11(7-12)8-13/h2-4,7,10H,5-6,8-9,13H2,1H3. The van der Waals surface area contributed by atoms with Crippen molar-refractivity contribution in [1.82, 2.24) is 0 Å². The van der Waals surface area contributed by atoms with Crippen LogP contribution in [0.3, 0.4) is 0 Å². The molecule has 82 valence electrons. The average Bonchev–Trinajstić information content (AvgIpc) is 2.29. The second-order valence-corrected chi connectivity index (χ2v) is 5.55. The minimum atomic E-state index is 0.631. The molecule has 1 aromatic rings. The lowest BCUT2D eigenvalue weighted by atomic mass is 10.2. The minimum absolute atomic E-state index is 0.631. The van der Waals surface area contributed by atoms with Gasteiger partial charge in [-0.05, 0) is 17.7 Å². The third kappa shape index (κ3) is 2.67. The molecule has 1 unspecified atom stereocenters. The molecule has 1 heterocycles. The van der Waals surface area contributed by atoms with E-state index in [9.17, 15) is 0 Å². The van der Waals surface area contributed by atoms with Gasteiger partial charge in [0.2, 0.25) is 0 Å². The van der Waals surface area contributed by atoms with Gasteiger partial charge >= 0.3 is 0 Å². The summed E-state index contributed by atoms with van der Waals surface area (Å²) in [5.41, 5.74) is 8.20. The smallest absolute Gasteiger partial charge is 0.0370 e. The average molecular weight is 222 g/mol. The van der Waals surface area contributed by atoms with Crippen LogP contribution in [0.1, 0.15) is 12.5 Å². The van der Waals surface area contributed by atoms with Crippen molar-refractivity contribution in [3.8, 4) is 0 Å². The van der Waals surface area contributed by atoms with Crippen molar-refractivity contribution in [2.75, 3.05) is 23.7 Å². The van der Waals surface area contributed by atoms with Gasteiger partial charge in [0, 0.05) is 36.3 Å². The summed E-state index contributed by atoms with van der Waals surface area (Å²) in [6, 6.07) is 8.58. The van der Waals surface area contributed by atoms with Gasteiger partial charge in [0.1, 0.15) is 0 Å². The summed E-state index contributed by atoms with van der Waals surface area (Å²) in [5.74, 6) is 1.23. The molecule has 2 N–H and O–H groups in total. The van der Waals surface area contributed by atoms with E-state index in [4.69, 9.17) is 5.73 Å². The molecule has 0 radical (unpaired) electrons. The molecule has 1 aliphatic heterocycles. The number of anilines is 1. The van der Waals surface area contributed by atoms with Gasteiger partial charge in [0.25, 0.3) is 0 Å². The largest absolute Gasteiger partial charge is 0.370 e. The molecule has 0 bridgehead atoms. The summed E-state index contributed by atoms with van der Waals surface area (Å²) >= 11 is 2.06. The van der Waals surface area contributed by atoms with Crippen LogP contribution in [-0.4, -0.2) is 24.1 Å². The van der Waals surface area contributed by atoms with Crippen molar-refractivity contribution >= 4 is 17.4 Å². The topological polar surface area (TPSA) is 29.3 Å². The van der Waals surface area contributed by atoms with Gasteiger partial charge in [-0.3, -0.25) is 0 Å². The van der Waals surface area contributed by atoms with Crippen LogP contribution in [0.4, 0.5) is 5.69 Å². The molecule has 0 spiro atoms. The van der Waals surface area contributed by atoms with Crippen molar-refractivity contribution in [2.45, 2.75) is 18.7 Å². The second-order valence-electron chi connectivity index (χ2n) is 4.00. The number of rotatable bonds is 2. The first kappa shape index (κ1) is 10.8. The van der Waals surface area contributed by atoms with Crippen molar-refractivity contribution in [1.29, 1.82) is 0 Å². The number of hydrogen-bond donors (Lipinski definition) is 1. The van der Waals surface area contributed by atoms with Gasteiger partial charge in [0.15, 0.2) is 0 Å². The molecule has 0 saturated carbocycles. The zero-order valence-electron chi connectivity index (χ0n) is 9.15. The van der Waals surface area contributed by atoms with Crippen LogP contribution < -0.4 is 10.6 Å². The van der Waals surface area contributed by atoms with Crippen LogP contribution in [0.2, 0.25) is 0 Å². The van der Waals surface area contributed by atoms with E-state index in [-0.39, 0.29) is 0 Å². The molecule has 0 aliphatic carbocycles. The fraction of sp³-hybridized carbons (Fsp3) is 0.500. The first-order chi connectivity index (χ1) is 7.29. The minimum Gasteiger partial charge on any atom is -0.370 e. The molecule has 0 amide bonds. The Balaban J connectivity index is 2.13. The zero-order chi connectivity index (χ0) is 10.7. The SMILES string of the molecule is CC1CN(c2cccc(CN)c2)CCS1. The molecular weight excluding hydrogens is 204 g/mol. The fourth-order valence-corrected chi connectivity index (χ4v) is 2.95. The monoisotopic (exact) mass is 222 g/mol. The van der Waals surface area contributed by atoms with Crippen LogP contribution in [-0.2, 0) is 6.54 Å². The lowest BCUT2D eigenvalue weighted by molar-refractivity contribution is 0.782. The number of nitrogens with zero attached hydrogens (tertiary/aromatic N) is 1. The summed E-state index contributed by atoms with van der Waals surface area (Å²) in [7, 11) is 0. The highest BCUT2D eigenvalue weighted by molar-refractivity contribution is 8.00. The Bertz CT molecular complexity index is 327. The Labute approximate surface area is 95.8 Å². The number of nitrogens with two attached hydrogens (primary N) is 1. The van der Waals surface area contributed by atoms with Gasteiger partial charge in [-0.2, -0.15) is 11.8 Å². The van der Waals surface area contributed by atoms with E-state index in [1.165, 1.54) is 17.0 Å². The van der Waals surface area contributed by atoms with E-state index in [2.05, 4.69) is 47.9 Å². The van der Waals surface area contributed by atoms with E-state index in [0.29, 0.717) is 6.54 Å². The Morgan fingerprint density at radius 3 is 3.13 bits per heavy atom. The van der Waals surface area contributed by atoms with Crippen molar-refractivity contribution in [2.24, 2.45) is 5.73 Å².